The van der Waals surface area contributed by atoms with Crippen molar-refractivity contribution in [2.24, 2.45) is 11.8 Å². The van der Waals surface area contributed by atoms with Gasteiger partial charge in [-0.3, -0.25) is 0 Å². The van der Waals surface area contributed by atoms with Gasteiger partial charge >= 0.3 is 0 Å². The fourth-order valence-corrected chi connectivity index (χ4v) is 3.91. The first-order valence-corrected chi connectivity index (χ1v) is 8.68. The van der Waals surface area contributed by atoms with E-state index in [0.29, 0.717) is 0 Å². The van der Waals surface area contributed by atoms with Crippen LogP contribution >= 0.6 is 0 Å². The van der Waals surface area contributed by atoms with E-state index in [4.69, 9.17) is 0 Å². The van der Waals surface area contributed by atoms with Crippen LogP contribution in [0.15, 0.2) is 0 Å². The molecule has 0 bridgehead atoms. The van der Waals surface area contributed by atoms with Gasteiger partial charge < -0.3 is 9.80 Å². The maximum atomic E-state index is 2.72. The molecule has 1 saturated heterocycles. The van der Waals surface area contributed by atoms with Gasteiger partial charge in [0, 0.05) is 13.1 Å². The molecule has 0 N–H and O–H groups in total. The monoisotopic (exact) mass is 266 g/mol. The molecule has 1 aliphatic carbocycles. The van der Waals surface area contributed by atoms with Gasteiger partial charge in [0.2, 0.25) is 0 Å². The lowest BCUT2D eigenvalue weighted by atomic mass is 9.86. The van der Waals surface area contributed by atoms with Crippen molar-refractivity contribution >= 4 is 0 Å². The summed E-state index contributed by atoms with van der Waals surface area (Å²) in [6.07, 6.45) is 11.9. The standard InChI is InChI=1S/C17H34N2/c1-3-18(2)14-17-11-13-19(15-17)12-7-10-16-8-5-4-6-9-16/h16-17H,3-15H2,1-2H3/t17-/m0/s1. The molecule has 2 aliphatic rings. The van der Waals surface area contributed by atoms with E-state index in [1.54, 1.807) is 0 Å². The second-order valence-corrected chi connectivity index (χ2v) is 6.96. The molecule has 2 heteroatoms. The second kappa shape index (κ2) is 8.26. The quantitative estimate of drug-likeness (QED) is 0.694. The van der Waals surface area contributed by atoms with Crippen LogP contribution in [0.2, 0.25) is 0 Å². The summed E-state index contributed by atoms with van der Waals surface area (Å²) in [4.78, 5) is 5.19. The summed E-state index contributed by atoms with van der Waals surface area (Å²) in [5.41, 5.74) is 0. The number of likely N-dealkylation sites (tertiary alicyclic amines) is 1. The van der Waals surface area contributed by atoms with Crippen molar-refractivity contribution in [1.29, 1.82) is 0 Å². The fourth-order valence-electron chi connectivity index (χ4n) is 3.91. The molecule has 0 aromatic rings. The average molecular weight is 266 g/mol. The Labute approximate surface area is 120 Å². The van der Waals surface area contributed by atoms with Crippen molar-refractivity contribution in [2.45, 2.75) is 58.3 Å². The summed E-state index contributed by atoms with van der Waals surface area (Å²) in [5, 5.41) is 0. The van der Waals surface area contributed by atoms with Gasteiger partial charge in [0.25, 0.3) is 0 Å². The van der Waals surface area contributed by atoms with E-state index in [0.717, 1.165) is 11.8 Å². The van der Waals surface area contributed by atoms with E-state index >= 15 is 0 Å². The van der Waals surface area contributed by atoms with E-state index in [9.17, 15) is 0 Å². The third kappa shape index (κ3) is 5.43. The van der Waals surface area contributed by atoms with Crippen LogP contribution in [0.1, 0.15) is 58.3 Å². The molecule has 1 atom stereocenters. The van der Waals surface area contributed by atoms with E-state index < -0.39 is 0 Å². The minimum Gasteiger partial charge on any atom is -0.306 e. The van der Waals surface area contributed by atoms with E-state index in [2.05, 4.69) is 23.8 Å². The van der Waals surface area contributed by atoms with Crippen LogP contribution in [-0.2, 0) is 0 Å². The van der Waals surface area contributed by atoms with Crippen molar-refractivity contribution < 1.29 is 0 Å². The maximum absolute atomic E-state index is 2.72. The van der Waals surface area contributed by atoms with Gasteiger partial charge in [-0.25, -0.2) is 0 Å². The van der Waals surface area contributed by atoms with E-state index in [1.165, 1.54) is 84.1 Å². The Morgan fingerprint density at radius 1 is 1.05 bits per heavy atom. The minimum atomic E-state index is 0.930. The third-order valence-corrected chi connectivity index (χ3v) is 5.29. The van der Waals surface area contributed by atoms with Crippen molar-refractivity contribution in [3.8, 4) is 0 Å². The predicted octanol–water partition coefficient (Wildman–Crippen LogP) is 3.62. The lowest BCUT2D eigenvalue weighted by molar-refractivity contribution is 0.258. The molecule has 0 unspecified atom stereocenters. The summed E-state index contributed by atoms with van der Waals surface area (Å²) < 4.78 is 0. The number of hydrogen-bond donors (Lipinski definition) is 0. The summed E-state index contributed by atoms with van der Waals surface area (Å²) in [6.45, 7) is 8.83. The Hall–Kier alpha value is -0.0800. The largest absolute Gasteiger partial charge is 0.306 e. The van der Waals surface area contributed by atoms with Crippen molar-refractivity contribution in [3.05, 3.63) is 0 Å². The number of rotatable bonds is 7. The zero-order valence-electron chi connectivity index (χ0n) is 13.2. The van der Waals surface area contributed by atoms with Gasteiger partial charge in [-0.15, -0.1) is 0 Å². The van der Waals surface area contributed by atoms with Crippen LogP contribution in [-0.4, -0.2) is 49.6 Å². The summed E-state index contributed by atoms with van der Waals surface area (Å²) >= 11 is 0. The molecule has 0 spiro atoms. The highest BCUT2D eigenvalue weighted by Crippen LogP contribution is 2.27. The summed E-state index contributed by atoms with van der Waals surface area (Å²) in [6, 6.07) is 0. The molecular weight excluding hydrogens is 232 g/mol. The lowest BCUT2D eigenvalue weighted by Crippen LogP contribution is -2.28. The lowest BCUT2D eigenvalue weighted by Gasteiger charge is -2.23. The topological polar surface area (TPSA) is 6.48 Å². The zero-order chi connectivity index (χ0) is 13.5. The SMILES string of the molecule is CCN(C)C[C@@H]1CCN(CCCC2CCCCC2)C1. The highest BCUT2D eigenvalue weighted by molar-refractivity contribution is 4.77. The fraction of sp³-hybridized carbons (Fsp3) is 1.00. The van der Waals surface area contributed by atoms with Crippen LogP contribution in [0.3, 0.4) is 0 Å². The highest BCUT2D eigenvalue weighted by atomic mass is 15.2. The average Bonchev–Trinajstić information content (AvgIpc) is 2.87. The zero-order valence-corrected chi connectivity index (χ0v) is 13.2. The smallest absolute Gasteiger partial charge is 0.00224 e. The Bertz CT molecular complexity index is 235. The van der Waals surface area contributed by atoms with Crippen LogP contribution < -0.4 is 0 Å². The van der Waals surface area contributed by atoms with E-state index in [1.807, 2.05) is 0 Å². The molecule has 1 saturated carbocycles. The van der Waals surface area contributed by atoms with Crippen LogP contribution in [0.4, 0.5) is 0 Å². The molecule has 0 radical (unpaired) electrons. The van der Waals surface area contributed by atoms with Crippen LogP contribution in [0, 0.1) is 11.8 Å². The molecule has 1 aliphatic heterocycles. The summed E-state index contributed by atoms with van der Waals surface area (Å²) in [7, 11) is 2.26. The van der Waals surface area contributed by atoms with Crippen LogP contribution in [0.25, 0.3) is 0 Å². The summed E-state index contributed by atoms with van der Waals surface area (Å²) in [5.74, 6) is 2.00. The Balaban J connectivity index is 1.54. The molecule has 1 heterocycles. The Kier molecular flexibility index (Phi) is 6.66. The molecule has 2 rings (SSSR count). The van der Waals surface area contributed by atoms with Crippen molar-refractivity contribution in [2.75, 3.05) is 39.8 Å². The molecule has 2 nitrogen and oxygen atoms in total. The molecule has 0 aromatic heterocycles. The normalized spacial score (nSPS) is 26.4. The van der Waals surface area contributed by atoms with E-state index in [-0.39, 0.29) is 0 Å². The molecule has 2 fully saturated rings. The third-order valence-electron chi connectivity index (χ3n) is 5.29. The van der Waals surface area contributed by atoms with Crippen molar-refractivity contribution in [1.82, 2.24) is 9.80 Å². The van der Waals surface area contributed by atoms with Gasteiger partial charge in [-0.05, 0) is 57.8 Å². The molecule has 112 valence electrons. The molecule has 0 amide bonds. The van der Waals surface area contributed by atoms with Gasteiger partial charge in [0.1, 0.15) is 0 Å². The first-order chi connectivity index (χ1) is 9.28. The Morgan fingerprint density at radius 2 is 1.84 bits per heavy atom. The number of nitrogens with zero attached hydrogens (tertiary/aromatic N) is 2. The van der Waals surface area contributed by atoms with Gasteiger partial charge in [0.05, 0.1) is 0 Å². The van der Waals surface area contributed by atoms with Gasteiger partial charge in [0.15, 0.2) is 0 Å². The Morgan fingerprint density at radius 3 is 2.58 bits per heavy atom. The first-order valence-electron chi connectivity index (χ1n) is 8.68. The van der Waals surface area contributed by atoms with Gasteiger partial charge in [-0.2, -0.15) is 0 Å². The van der Waals surface area contributed by atoms with Crippen molar-refractivity contribution in [3.63, 3.8) is 0 Å². The van der Waals surface area contributed by atoms with Gasteiger partial charge in [-0.1, -0.05) is 39.0 Å². The molecule has 0 aromatic carbocycles. The second-order valence-electron chi connectivity index (χ2n) is 6.96. The predicted molar refractivity (Wildman–Crippen MR) is 83.5 cm³/mol. The number of hydrogen-bond acceptors (Lipinski definition) is 2. The first kappa shape index (κ1) is 15.3. The minimum absolute atomic E-state index is 0.930. The molecule has 19 heavy (non-hydrogen) atoms. The van der Waals surface area contributed by atoms with Crippen LogP contribution in [0.5, 0.6) is 0 Å². The maximum Gasteiger partial charge on any atom is 0.00224 e. The molecular formula is C17H34N2. The highest BCUT2D eigenvalue weighted by Gasteiger charge is 2.23.